The lowest BCUT2D eigenvalue weighted by Gasteiger charge is -2.13. The number of imidazole rings is 1. The van der Waals surface area contributed by atoms with E-state index >= 15 is 0 Å². The number of nitrogens with zero attached hydrogens (tertiary/aromatic N) is 2. The molecule has 7 nitrogen and oxygen atoms in total. The van der Waals surface area contributed by atoms with Crippen LogP contribution in [0, 0.1) is 5.92 Å². The van der Waals surface area contributed by atoms with Gasteiger partial charge in [-0.05, 0) is 12.3 Å². The number of carbonyl (C=O) groups is 1. The maximum atomic E-state index is 12.2. The van der Waals surface area contributed by atoms with Crippen molar-refractivity contribution in [1.29, 1.82) is 0 Å². The maximum Gasteiger partial charge on any atom is 0.321 e. The molecule has 0 aliphatic carbocycles. The van der Waals surface area contributed by atoms with E-state index in [-0.39, 0.29) is 11.4 Å². The monoisotopic (exact) mass is 317 g/mol. The van der Waals surface area contributed by atoms with Gasteiger partial charge in [-0.2, -0.15) is 4.72 Å². The summed E-state index contributed by atoms with van der Waals surface area (Å²) in [5.41, 5.74) is 0. The second-order valence-corrected chi connectivity index (χ2v) is 7.12. The van der Waals surface area contributed by atoms with Crippen molar-refractivity contribution in [3.63, 3.8) is 0 Å². The molecular weight excluding hydrogens is 294 g/mol. The standard InChI is InChI=1S/C13H23N3O4S/c1-4-5-6-11(13(17)18)15-21(19,20)12-8-16(9-14-12)7-10(2)3/h8-11,15H,4-7H2,1-3H3,(H,17,18)/t11-/m0/s1. The molecule has 0 saturated carbocycles. The van der Waals surface area contributed by atoms with E-state index in [4.69, 9.17) is 5.11 Å². The van der Waals surface area contributed by atoms with Crippen LogP contribution in [0.3, 0.4) is 0 Å². The van der Waals surface area contributed by atoms with E-state index in [1.54, 1.807) is 4.57 Å². The van der Waals surface area contributed by atoms with Crippen molar-refractivity contribution in [2.24, 2.45) is 5.92 Å². The second kappa shape index (κ2) is 7.56. The number of unbranched alkanes of at least 4 members (excludes halogenated alkanes) is 1. The number of rotatable bonds is 9. The van der Waals surface area contributed by atoms with E-state index in [1.807, 2.05) is 20.8 Å². The molecule has 8 heteroatoms. The van der Waals surface area contributed by atoms with Gasteiger partial charge < -0.3 is 9.67 Å². The predicted octanol–water partition coefficient (Wildman–Crippen LogP) is 1.46. The number of sulfonamides is 1. The fourth-order valence-corrected chi connectivity index (χ4v) is 3.06. The smallest absolute Gasteiger partial charge is 0.321 e. The SMILES string of the molecule is CCCC[C@H](NS(=O)(=O)c1cn(CC(C)C)cn1)C(=O)O. The molecule has 0 spiro atoms. The molecule has 0 radical (unpaired) electrons. The van der Waals surface area contributed by atoms with Gasteiger partial charge in [0, 0.05) is 12.7 Å². The molecule has 1 aromatic heterocycles. The third-order valence-electron chi connectivity index (χ3n) is 2.90. The van der Waals surface area contributed by atoms with Crippen LogP contribution in [0.4, 0.5) is 0 Å². The van der Waals surface area contributed by atoms with Crippen LogP contribution in [0.1, 0.15) is 40.0 Å². The number of hydrogen-bond acceptors (Lipinski definition) is 4. The van der Waals surface area contributed by atoms with Crippen molar-refractivity contribution < 1.29 is 18.3 Å². The molecule has 21 heavy (non-hydrogen) atoms. The molecule has 0 saturated heterocycles. The number of carboxylic acids is 1. The molecule has 0 unspecified atom stereocenters. The van der Waals surface area contributed by atoms with Crippen molar-refractivity contribution in [3.05, 3.63) is 12.5 Å². The Kier molecular flexibility index (Phi) is 6.35. The summed E-state index contributed by atoms with van der Waals surface area (Å²) >= 11 is 0. The second-order valence-electron chi connectivity index (χ2n) is 5.46. The Morgan fingerprint density at radius 2 is 2.14 bits per heavy atom. The third-order valence-corrected chi connectivity index (χ3v) is 4.26. The average Bonchev–Trinajstić information content (AvgIpc) is 2.82. The molecule has 1 atom stereocenters. The van der Waals surface area contributed by atoms with Gasteiger partial charge in [-0.15, -0.1) is 0 Å². The molecule has 2 N–H and O–H groups in total. The van der Waals surface area contributed by atoms with Gasteiger partial charge in [0.2, 0.25) is 0 Å². The highest BCUT2D eigenvalue weighted by molar-refractivity contribution is 7.89. The number of nitrogens with one attached hydrogen (secondary N) is 1. The maximum absolute atomic E-state index is 12.2. The zero-order valence-corrected chi connectivity index (χ0v) is 13.4. The highest BCUT2D eigenvalue weighted by Crippen LogP contribution is 2.10. The lowest BCUT2D eigenvalue weighted by Crippen LogP contribution is -2.40. The summed E-state index contributed by atoms with van der Waals surface area (Å²) in [5, 5.41) is 8.93. The topological polar surface area (TPSA) is 101 Å². The van der Waals surface area contributed by atoms with E-state index in [1.165, 1.54) is 12.5 Å². The molecule has 120 valence electrons. The van der Waals surface area contributed by atoms with Crippen LogP contribution < -0.4 is 4.72 Å². The predicted molar refractivity (Wildman–Crippen MR) is 78.3 cm³/mol. The molecule has 0 aliphatic heterocycles. The van der Waals surface area contributed by atoms with Gasteiger partial charge in [-0.3, -0.25) is 4.79 Å². The Morgan fingerprint density at radius 1 is 1.48 bits per heavy atom. The Balaban J connectivity index is 2.84. The van der Waals surface area contributed by atoms with Gasteiger partial charge >= 0.3 is 5.97 Å². The summed E-state index contributed by atoms with van der Waals surface area (Å²) < 4.78 is 28.2. The zero-order chi connectivity index (χ0) is 16.0. The van der Waals surface area contributed by atoms with E-state index in [2.05, 4.69) is 9.71 Å². The summed E-state index contributed by atoms with van der Waals surface area (Å²) in [6, 6.07) is -1.12. The van der Waals surface area contributed by atoms with Gasteiger partial charge in [0.15, 0.2) is 5.03 Å². The first-order chi connectivity index (χ1) is 9.76. The van der Waals surface area contributed by atoms with E-state index in [0.29, 0.717) is 18.9 Å². The first-order valence-corrected chi connectivity index (χ1v) is 8.51. The van der Waals surface area contributed by atoms with E-state index in [0.717, 1.165) is 6.42 Å². The highest BCUT2D eigenvalue weighted by atomic mass is 32.2. The van der Waals surface area contributed by atoms with Crippen LogP contribution in [0.5, 0.6) is 0 Å². The van der Waals surface area contributed by atoms with Crippen LogP contribution >= 0.6 is 0 Å². The zero-order valence-electron chi connectivity index (χ0n) is 12.6. The van der Waals surface area contributed by atoms with Gasteiger partial charge in [-0.25, -0.2) is 13.4 Å². The van der Waals surface area contributed by atoms with Gasteiger partial charge in [0.25, 0.3) is 10.0 Å². The normalized spacial score (nSPS) is 13.5. The van der Waals surface area contributed by atoms with Crippen LogP contribution in [-0.2, 0) is 21.4 Å². The van der Waals surface area contributed by atoms with Crippen molar-refractivity contribution >= 4 is 16.0 Å². The molecule has 0 bridgehead atoms. The van der Waals surface area contributed by atoms with Crippen LogP contribution in [-0.4, -0.2) is 35.1 Å². The number of aromatic nitrogens is 2. The number of carboxylic acid groups (broad SMARTS) is 1. The Morgan fingerprint density at radius 3 is 2.67 bits per heavy atom. The highest BCUT2D eigenvalue weighted by Gasteiger charge is 2.26. The van der Waals surface area contributed by atoms with Gasteiger partial charge in [0.05, 0.1) is 6.33 Å². The summed E-state index contributed by atoms with van der Waals surface area (Å²) in [7, 11) is -3.91. The van der Waals surface area contributed by atoms with Gasteiger partial charge in [-0.1, -0.05) is 33.6 Å². The molecule has 0 fully saturated rings. The van der Waals surface area contributed by atoms with Crippen molar-refractivity contribution in [2.75, 3.05) is 0 Å². The van der Waals surface area contributed by atoms with Crippen molar-refractivity contribution in [2.45, 2.75) is 57.6 Å². The molecule has 0 aliphatic rings. The first-order valence-electron chi connectivity index (χ1n) is 7.03. The summed E-state index contributed by atoms with van der Waals surface area (Å²) in [4.78, 5) is 15.0. The first kappa shape index (κ1) is 17.6. The van der Waals surface area contributed by atoms with Crippen LogP contribution in [0.25, 0.3) is 0 Å². The minimum Gasteiger partial charge on any atom is -0.480 e. The molecular formula is C13H23N3O4S. The molecule has 1 heterocycles. The molecule has 1 aromatic rings. The van der Waals surface area contributed by atoms with Crippen molar-refractivity contribution in [3.8, 4) is 0 Å². The Bertz CT molecular complexity index is 566. The Hall–Kier alpha value is -1.41. The number of aliphatic carboxylic acids is 1. The van der Waals surface area contributed by atoms with E-state index in [9.17, 15) is 13.2 Å². The minimum absolute atomic E-state index is 0.147. The summed E-state index contributed by atoms with van der Waals surface area (Å²) in [5.74, 6) is -0.812. The quantitative estimate of drug-likeness (QED) is 0.718. The summed E-state index contributed by atoms with van der Waals surface area (Å²) in [6.45, 7) is 6.59. The fourth-order valence-electron chi connectivity index (χ4n) is 1.89. The molecule has 0 aromatic carbocycles. The lowest BCUT2D eigenvalue weighted by molar-refractivity contribution is -0.139. The third kappa shape index (κ3) is 5.47. The largest absolute Gasteiger partial charge is 0.480 e. The minimum atomic E-state index is -3.91. The van der Waals surface area contributed by atoms with Crippen LogP contribution in [0.15, 0.2) is 17.6 Å². The Labute approximate surface area is 125 Å². The summed E-state index contributed by atoms with van der Waals surface area (Å²) in [6.07, 6.45) is 4.56. The lowest BCUT2D eigenvalue weighted by atomic mass is 10.1. The van der Waals surface area contributed by atoms with E-state index < -0.39 is 22.0 Å². The van der Waals surface area contributed by atoms with Crippen LogP contribution in [0.2, 0.25) is 0 Å². The average molecular weight is 317 g/mol. The van der Waals surface area contributed by atoms with Gasteiger partial charge in [0.1, 0.15) is 6.04 Å². The molecule has 1 rings (SSSR count). The number of hydrogen-bond donors (Lipinski definition) is 2. The van der Waals surface area contributed by atoms with Crippen molar-refractivity contribution in [1.82, 2.24) is 14.3 Å². The fraction of sp³-hybridized carbons (Fsp3) is 0.692. The molecule has 0 amide bonds.